The Labute approximate surface area is 199 Å². The van der Waals surface area contributed by atoms with Crippen LogP contribution >= 0.6 is 0 Å². The monoisotopic (exact) mass is 463 g/mol. The summed E-state index contributed by atoms with van der Waals surface area (Å²) in [6, 6.07) is -1.21. The van der Waals surface area contributed by atoms with Gasteiger partial charge < -0.3 is 20.6 Å². The van der Waals surface area contributed by atoms with Crippen LogP contribution in [0.5, 0.6) is 0 Å². The van der Waals surface area contributed by atoms with Gasteiger partial charge in [0.15, 0.2) is 0 Å². The zero-order valence-corrected chi connectivity index (χ0v) is 21.8. The number of rotatable bonds is 9. The average molecular weight is 464 g/mol. The molecule has 0 aromatic carbocycles. The molecule has 2 rings (SSSR count). The summed E-state index contributed by atoms with van der Waals surface area (Å²) in [7, 11) is 1.59. The number of nitrogens with one attached hydrogen (secondary N) is 2. The van der Waals surface area contributed by atoms with Gasteiger partial charge in [-0.25, -0.2) is 0 Å². The first-order valence-electron chi connectivity index (χ1n) is 12.5. The third-order valence-electron chi connectivity index (χ3n) is 7.00. The summed E-state index contributed by atoms with van der Waals surface area (Å²) in [6.07, 6.45) is 7.01. The van der Waals surface area contributed by atoms with Crippen molar-refractivity contribution < 1.29 is 19.5 Å². The van der Waals surface area contributed by atoms with Gasteiger partial charge in [0, 0.05) is 18.5 Å². The molecular weight excluding hydrogens is 418 g/mol. The van der Waals surface area contributed by atoms with Crippen LogP contribution in [0.2, 0.25) is 0 Å². The first-order chi connectivity index (χ1) is 15.3. The van der Waals surface area contributed by atoms with E-state index in [9.17, 15) is 19.5 Å². The Kier molecular flexibility index (Phi) is 8.77. The molecule has 188 valence electrons. The van der Waals surface area contributed by atoms with Crippen LogP contribution in [0.4, 0.5) is 0 Å². The number of carbonyl (C=O) groups excluding carboxylic acids is 3. The molecule has 1 heterocycles. The first-order valence-corrected chi connectivity index (χ1v) is 12.5. The fraction of sp³-hybridized carbons (Fsp3) is 0.808. The van der Waals surface area contributed by atoms with Crippen LogP contribution in [0.15, 0.2) is 12.2 Å². The second-order valence-corrected chi connectivity index (χ2v) is 11.6. The van der Waals surface area contributed by atoms with E-state index in [0.717, 1.165) is 19.3 Å². The molecule has 33 heavy (non-hydrogen) atoms. The minimum atomic E-state index is -0.746. The van der Waals surface area contributed by atoms with E-state index >= 15 is 0 Å². The van der Waals surface area contributed by atoms with E-state index in [4.69, 9.17) is 0 Å². The fourth-order valence-electron chi connectivity index (χ4n) is 6.16. The van der Waals surface area contributed by atoms with Crippen LogP contribution in [-0.4, -0.2) is 59.0 Å². The van der Waals surface area contributed by atoms with Gasteiger partial charge in [-0.3, -0.25) is 14.4 Å². The Morgan fingerprint density at radius 3 is 2.24 bits per heavy atom. The van der Waals surface area contributed by atoms with Crippen LogP contribution in [0, 0.1) is 29.1 Å². The molecule has 0 bridgehead atoms. The normalized spacial score (nSPS) is 28.5. The van der Waals surface area contributed by atoms with Crippen molar-refractivity contribution >= 4 is 17.7 Å². The quantitative estimate of drug-likeness (QED) is 0.458. The molecule has 6 atom stereocenters. The van der Waals surface area contributed by atoms with Gasteiger partial charge in [-0.05, 0) is 44.4 Å². The lowest BCUT2D eigenvalue weighted by Gasteiger charge is -2.38. The molecule has 0 unspecified atom stereocenters. The maximum Gasteiger partial charge on any atom is 0.243 e. The lowest BCUT2D eigenvalue weighted by Crippen LogP contribution is -2.56. The number of fused-ring (bicyclic) bond motifs is 1. The topological polar surface area (TPSA) is 98.7 Å². The largest absolute Gasteiger partial charge is 0.394 e. The van der Waals surface area contributed by atoms with Crippen molar-refractivity contribution in [1.82, 2.24) is 15.5 Å². The van der Waals surface area contributed by atoms with E-state index < -0.39 is 35.4 Å². The Hall–Kier alpha value is -1.89. The van der Waals surface area contributed by atoms with Crippen molar-refractivity contribution in [3.05, 3.63) is 12.2 Å². The summed E-state index contributed by atoms with van der Waals surface area (Å²) in [5.74, 6) is -2.15. The van der Waals surface area contributed by atoms with Gasteiger partial charge in [0.2, 0.25) is 17.7 Å². The van der Waals surface area contributed by atoms with E-state index in [0.29, 0.717) is 6.42 Å². The van der Waals surface area contributed by atoms with Gasteiger partial charge in [-0.2, -0.15) is 0 Å². The van der Waals surface area contributed by atoms with Crippen LogP contribution in [0.3, 0.4) is 0 Å². The lowest BCUT2D eigenvalue weighted by atomic mass is 9.68. The second-order valence-electron chi connectivity index (χ2n) is 11.6. The molecule has 0 radical (unpaired) electrons. The number of likely N-dealkylation sites (tertiary alicyclic amines) is 1. The van der Waals surface area contributed by atoms with Gasteiger partial charge in [0.1, 0.15) is 6.04 Å². The Balaban J connectivity index is 2.50. The van der Waals surface area contributed by atoms with Gasteiger partial charge in [0.05, 0.1) is 24.5 Å². The summed E-state index contributed by atoms with van der Waals surface area (Å²) < 4.78 is 0. The standard InChI is InChI=1S/C26H45N3O4/c1-9-11-16-12-13-18-20(19(16)22(31)27-8)24(33)29(17(10-2)14-30)21(18)23(32)28-26(6,7)15-25(3,4)5/h12-13,16-21,30H,9-11,14-15H2,1-8H3,(H,27,31)(H,28,32)/t16-,17+,18+,19-,20+,21+/m1/s1. The molecule has 3 N–H and O–H groups in total. The predicted octanol–water partition coefficient (Wildman–Crippen LogP) is 2.88. The minimum absolute atomic E-state index is 0.0178. The second kappa shape index (κ2) is 10.6. The molecule has 2 aliphatic rings. The van der Waals surface area contributed by atoms with Crippen molar-refractivity contribution in [2.24, 2.45) is 29.1 Å². The van der Waals surface area contributed by atoms with Crippen molar-refractivity contribution in [2.75, 3.05) is 13.7 Å². The SMILES string of the molecule is CCC[C@@H]1C=C[C@H]2[C@H](C(=O)N([C@@H](CC)CO)[C@@H]2C(=O)NC(C)(C)CC(C)(C)C)[C@@H]1C(=O)NC. The van der Waals surface area contributed by atoms with Crippen LogP contribution in [0.1, 0.15) is 74.1 Å². The third kappa shape index (κ3) is 5.97. The van der Waals surface area contributed by atoms with Gasteiger partial charge in [-0.1, -0.05) is 53.2 Å². The molecular formula is C26H45N3O4. The van der Waals surface area contributed by atoms with E-state index in [1.54, 1.807) is 11.9 Å². The molecule has 1 saturated heterocycles. The summed E-state index contributed by atoms with van der Waals surface area (Å²) in [6.45, 7) is 14.1. The molecule has 7 nitrogen and oxygen atoms in total. The van der Waals surface area contributed by atoms with Gasteiger partial charge >= 0.3 is 0 Å². The summed E-state index contributed by atoms with van der Waals surface area (Å²) in [5, 5.41) is 16.0. The lowest BCUT2D eigenvalue weighted by molar-refractivity contribution is -0.143. The highest BCUT2D eigenvalue weighted by Crippen LogP contribution is 2.46. The van der Waals surface area contributed by atoms with Crippen molar-refractivity contribution in [1.29, 1.82) is 0 Å². The molecule has 0 aromatic heterocycles. The Morgan fingerprint density at radius 2 is 1.76 bits per heavy atom. The van der Waals surface area contributed by atoms with Crippen LogP contribution in [0.25, 0.3) is 0 Å². The van der Waals surface area contributed by atoms with Crippen LogP contribution in [-0.2, 0) is 14.4 Å². The van der Waals surface area contributed by atoms with E-state index in [1.807, 2.05) is 32.9 Å². The zero-order valence-electron chi connectivity index (χ0n) is 21.8. The van der Waals surface area contributed by atoms with Gasteiger partial charge in [0.25, 0.3) is 0 Å². The average Bonchev–Trinajstić information content (AvgIpc) is 2.99. The molecule has 0 saturated carbocycles. The maximum absolute atomic E-state index is 13.8. The first kappa shape index (κ1) is 27.4. The number of hydrogen-bond donors (Lipinski definition) is 3. The smallest absolute Gasteiger partial charge is 0.243 e. The molecule has 0 spiro atoms. The van der Waals surface area contributed by atoms with Gasteiger partial charge in [-0.15, -0.1) is 0 Å². The molecule has 0 aromatic rings. The molecule has 1 aliphatic heterocycles. The van der Waals surface area contributed by atoms with Crippen molar-refractivity contribution in [3.63, 3.8) is 0 Å². The van der Waals surface area contributed by atoms with E-state index in [1.165, 1.54) is 0 Å². The molecule has 7 heteroatoms. The van der Waals surface area contributed by atoms with E-state index in [2.05, 4.69) is 38.3 Å². The minimum Gasteiger partial charge on any atom is -0.394 e. The highest BCUT2D eigenvalue weighted by Gasteiger charge is 2.58. The van der Waals surface area contributed by atoms with E-state index in [-0.39, 0.29) is 35.7 Å². The number of hydrogen-bond acceptors (Lipinski definition) is 4. The summed E-state index contributed by atoms with van der Waals surface area (Å²) >= 11 is 0. The molecule has 1 fully saturated rings. The highest BCUT2D eigenvalue weighted by molar-refractivity contribution is 5.97. The number of nitrogens with zero attached hydrogens (tertiary/aromatic N) is 1. The Bertz CT molecular complexity index is 751. The highest BCUT2D eigenvalue weighted by atomic mass is 16.3. The molecule has 1 aliphatic carbocycles. The van der Waals surface area contributed by atoms with Crippen molar-refractivity contribution in [2.45, 2.75) is 91.8 Å². The Morgan fingerprint density at radius 1 is 1.12 bits per heavy atom. The summed E-state index contributed by atoms with van der Waals surface area (Å²) in [4.78, 5) is 42.1. The third-order valence-corrected chi connectivity index (χ3v) is 7.00. The van der Waals surface area contributed by atoms with Crippen LogP contribution < -0.4 is 10.6 Å². The number of aliphatic hydroxyl groups excluding tert-OH is 1. The number of carbonyl (C=O) groups is 3. The zero-order chi connectivity index (χ0) is 25.1. The molecule has 3 amide bonds. The number of allylic oxidation sites excluding steroid dienone is 1. The predicted molar refractivity (Wildman–Crippen MR) is 130 cm³/mol. The summed E-state index contributed by atoms with van der Waals surface area (Å²) in [5.41, 5.74) is -0.448. The fourth-order valence-corrected chi connectivity index (χ4v) is 6.16. The maximum atomic E-state index is 13.8. The number of amides is 3. The van der Waals surface area contributed by atoms with Crippen molar-refractivity contribution in [3.8, 4) is 0 Å². The number of aliphatic hydroxyl groups is 1.